The van der Waals surface area contributed by atoms with Gasteiger partial charge in [0.2, 0.25) is 0 Å². The summed E-state index contributed by atoms with van der Waals surface area (Å²) in [7, 11) is 0. The molecule has 0 aromatic heterocycles. The fourth-order valence-electron chi connectivity index (χ4n) is 1.38. The first kappa shape index (κ1) is 14.5. The van der Waals surface area contributed by atoms with E-state index in [9.17, 15) is 17.6 Å². The number of rotatable bonds is 4. The summed E-state index contributed by atoms with van der Waals surface area (Å²) in [5, 5.41) is 0. The summed E-state index contributed by atoms with van der Waals surface area (Å²) < 4.78 is 50.5. The van der Waals surface area contributed by atoms with Gasteiger partial charge in [0.1, 0.15) is 4.83 Å². The lowest BCUT2D eigenvalue weighted by atomic mass is 9.99. The Hall–Kier alpha value is -0.580. The van der Waals surface area contributed by atoms with Crippen LogP contribution in [0.4, 0.5) is 17.6 Å². The predicted octanol–water partition coefficient (Wildman–Crippen LogP) is 5.15. The molecule has 0 N–H and O–H groups in total. The van der Waals surface area contributed by atoms with Crippen molar-refractivity contribution in [1.82, 2.24) is 0 Å². The molecule has 0 spiro atoms. The molecule has 0 amide bonds. The number of halogens is 5. The minimum atomic E-state index is -4.07. The zero-order valence-electron chi connectivity index (χ0n) is 9.43. The second-order valence-electron chi connectivity index (χ2n) is 4.16. The minimum absolute atomic E-state index is 0.153. The zero-order chi connectivity index (χ0) is 13.2. The maximum absolute atomic E-state index is 13.1. The Morgan fingerprint density at radius 3 is 1.76 bits per heavy atom. The average Bonchev–Trinajstić information content (AvgIpc) is 2.27. The van der Waals surface area contributed by atoms with Crippen molar-refractivity contribution in [2.24, 2.45) is 0 Å². The summed E-state index contributed by atoms with van der Waals surface area (Å²) >= 11 is 2.64. The highest BCUT2D eigenvalue weighted by Crippen LogP contribution is 2.42. The lowest BCUT2D eigenvalue weighted by Gasteiger charge is -2.22. The van der Waals surface area contributed by atoms with Crippen LogP contribution < -0.4 is 0 Å². The third-order valence-electron chi connectivity index (χ3n) is 2.52. The molecule has 0 nitrogen and oxygen atoms in total. The molecule has 1 aromatic rings. The summed E-state index contributed by atoms with van der Waals surface area (Å²) in [6, 6.07) is 6.25. The van der Waals surface area contributed by atoms with Gasteiger partial charge in [-0.1, -0.05) is 54.0 Å². The van der Waals surface area contributed by atoms with Crippen LogP contribution in [0.5, 0.6) is 0 Å². The van der Waals surface area contributed by atoms with Crippen molar-refractivity contribution in [3.63, 3.8) is 0 Å². The molecule has 1 aromatic carbocycles. The molecule has 0 bridgehead atoms. The van der Waals surface area contributed by atoms with Gasteiger partial charge in [0.25, 0.3) is 0 Å². The van der Waals surface area contributed by atoms with Crippen molar-refractivity contribution < 1.29 is 17.6 Å². The van der Waals surface area contributed by atoms with Crippen molar-refractivity contribution >= 4 is 15.9 Å². The van der Waals surface area contributed by atoms with Crippen LogP contribution in [0.3, 0.4) is 0 Å². The normalized spacial score (nSPS) is 14.4. The Bertz CT molecular complexity index is 359. The third-order valence-corrected chi connectivity index (χ3v) is 3.66. The number of alkyl halides is 5. The average molecular weight is 313 g/mol. The molecule has 0 heterocycles. The van der Waals surface area contributed by atoms with Gasteiger partial charge in [0.15, 0.2) is 0 Å². The Morgan fingerprint density at radius 2 is 1.41 bits per heavy atom. The SMILES string of the molecule is CC(C)c1ccc(C(Br)C(F)(F)C(F)F)cc1. The lowest BCUT2D eigenvalue weighted by Crippen LogP contribution is -2.31. The summed E-state index contributed by atoms with van der Waals surface area (Å²) in [6.45, 7) is 3.93. The minimum Gasteiger partial charge on any atom is -0.204 e. The molecule has 17 heavy (non-hydrogen) atoms. The highest BCUT2D eigenvalue weighted by Gasteiger charge is 2.48. The van der Waals surface area contributed by atoms with Crippen molar-refractivity contribution in [1.29, 1.82) is 0 Å². The topological polar surface area (TPSA) is 0 Å². The summed E-state index contributed by atoms with van der Waals surface area (Å²) in [6.07, 6.45) is -3.68. The molecule has 1 rings (SSSR count). The maximum atomic E-state index is 13.1. The molecule has 1 atom stereocenters. The summed E-state index contributed by atoms with van der Waals surface area (Å²) in [5.74, 6) is -3.80. The molecule has 0 aliphatic heterocycles. The smallest absolute Gasteiger partial charge is 0.204 e. The molecule has 5 heteroatoms. The standard InChI is InChI=1S/C12H13BrF4/c1-7(2)8-3-5-9(6-4-8)10(13)12(16,17)11(14)15/h3-7,10-11H,1-2H3. The first-order chi connectivity index (χ1) is 7.76. The maximum Gasteiger partial charge on any atom is 0.323 e. The van der Waals surface area contributed by atoms with Crippen LogP contribution in [0.15, 0.2) is 24.3 Å². The molecule has 1 unspecified atom stereocenters. The van der Waals surface area contributed by atoms with Crippen LogP contribution in [-0.4, -0.2) is 12.3 Å². The lowest BCUT2D eigenvalue weighted by molar-refractivity contribution is -0.127. The van der Waals surface area contributed by atoms with Gasteiger partial charge in [-0.05, 0) is 17.0 Å². The molecular weight excluding hydrogens is 300 g/mol. The fraction of sp³-hybridized carbons (Fsp3) is 0.500. The van der Waals surface area contributed by atoms with E-state index in [-0.39, 0.29) is 11.5 Å². The molecule has 0 radical (unpaired) electrons. The van der Waals surface area contributed by atoms with E-state index in [2.05, 4.69) is 15.9 Å². The highest BCUT2D eigenvalue weighted by molar-refractivity contribution is 9.09. The highest BCUT2D eigenvalue weighted by atomic mass is 79.9. The van der Waals surface area contributed by atoms with Crippen LogP contribution >= 0.6 is 15.9 Å². The van der Waals surface area contributed by atoms with Crippen molar-refractivity contribution in [3.8, 4) is 0 Å². The van der Waals surface area contributed by atoms with Crippen molar-refractivity contribution in [2.45, 2.75) is 36.9 Å². The molecule has 0 aliphatic carbocycles. The van der Waals surface area contributed by atoms with Crippen LogP contribution in [0.25, 0.3) is 0 Å². The third kappa shape index (κ3) is 3.21. The molecule has 96 valence electrons. The van der Waals surface area contributed by atoms with Crippen molar-refractivity contribution in [3.05, 3.63) is 35.4 Å². The van der Waals surface area contributed by atoms with Gasteiger partial charge in [0.05, 0.1) is 0 Å². The van der Waals surface area contributed by atoms with Gasteiger partial charge >= 0.3 is 12.3 Å². The van der Waals surface area contributed by atoms with E-state index in [4.69, 9.17) is 0 Å². The Labute approximate surface area is 106 Å². The first-order valence-corrected chi connectivity index (χ1v) is 6.08. The Morgan fingerprint density at radius 1 is 1.00 bits per heavy atom. The van der Waals surface area contributed by atoms with E-state index in [1.165, 1.54) is 12.1 Å². The second-order valence-corrected chi connectivity index (χ2v) is 5.07. The van der Waals surface area contributed by atoms with Gasteiger partial charge < -0.3 is 0 Å². The van der Waals surface area contributed by atoms with Crippen LogP contribution in [0, 0.1) is 0 Å². The second kappa shape index (κ2) is 5.38. The van der Waals surface area contributed by atoms with Crippen LogP contribution in [0.2, 0.25) is 0 Å². The zero-order valence-corrected chi connectivity index (χ0v) is 11.0. The quantitative estimate of drug-likeness (QED) is 0.533. The number of hydrogen-bond acceptors (Lipinski definition) is 0. The van der Waals surface area contributed by atoms with Gasteiger partial charge in [-0.15, -0.1) is 0 Å². The largest absolute Gasteiger partial charge is 0.323 e. The van der Waals surface area contributed by atoms with E-state index in [1.54, 1.807) is 12.1 Å². The molecule has 0 aliphatic rings. The number of benzene rings is 1. The molecular formula is C12H13BrF4. The van der Waals surface area contributed by atoms with E-state index in [0.29, 0.717) is 0 Å². The van der Waals surface area contributed by atoms with Gasteiger partial charge in [-0.2, -0.15) is 8.78 Å². The monoisotopic (exact) mass is 312 g/mol. The summed E-state index contributed by atoms with van der Waals surface area (Å²) in [4.78, 5) is -1.67. The predicted molar refractivity (Wildman–Crippen MR) is 63.2 cm³/mol. The van der Waals surface area contributed by atoms with Gasteiger partial charge in [-0.25, -0.2) is 8.78 Å². The number of hydrogen-bond donors (Lipinski definition) is 0. The van der Waals surface area contributed by atoms with Crippen LogP contribution in [-0.2, 0) is 0 Å². The van der Waals surface area contributed by atoms with E-state index < -0.39 is 17.2 Å². The fourth-order valence-corrected chi connectivity index (χ4v) is 1.89. The van der Waals surface area contributed by atoms with Gasteiger partial charge in [0, 0.05) is 0 Å². The van der Waals surface area contributed by atoms with E-state index in [0.717, 1.165) is 5.56 Å². The first-order valence-electron chi connectivity index (χ1n) is 5.16. The van der Waals surface area contributed by atoms with E-state index >= 15 is 0 Å². The van der Waals surface area contributed by atoms with Gasteiger partial charge in [-0.3, -0.25) is 0 Å². The van der Waals surface area contributed by atoms with E-state index in [1.807, 2.05) is 13.8 Å². The Balaban J connectivity index is 2.94. The van der Waals surface area contributed by atoms with Crippen molar-refractivity contribution in [2.75, 3.05) is 0 Å². The molecule has 0 fully saturated rings. The Kier molecular flexibility index (Phi) is 4.58. The van der Waals surface area contributed by atoms with Crippen LogP contribution in [0.1, 0.15) is 35.7 Å². The molecule has 0 saturated heterocycles. The summed E-state index contributed by atoms with van der Waals surface area (Å²) in [5.41, 5.74) is 1.13. The molecule has 0 saturated carbocycles.